The van der Waals surface area contributed by atoms with Gasteiger partial charge in [-0.1, -0.05) is 68.6 Å². The van der Waals surface area contributed by atoms with Gasteiger partial charge in [-0.2, -0.15) is 15.1 Å². The Morgan fingerprint density at radius 3 is 2.31 bits per heavy atom. The molecule has 0 aliphatic carbocycles. The van der Waals surface area contributed by atoms with Gasteiger partial charge in [0.2, 0.25) is 12.3 Å². The predicted molar refractivity (Wildman–Crippen MR) is 319 cm³/mol. The molecule has 19 heteroatoms. The molecule has 5 saturated heterocycles. The van der Waals surface area contributed by atoms with E-state index in [1.165, 1.54) is 62.8 Å². The molecule has 9 heterocycles. The number of hydrogen-bond acceptors (Lipinski definition) is 14. The van der Waals surface area contributed by atoms with Crippen molar-refractivity contribution < 1.29 is 32.7 Å². The van der Waals surface area contributed by atoms with Crippen LogP contribution in [0.2, 0.25) is 0 Å². The Hall–Kier alpha value is -7.69. The number of hydrogen-bond donors (Lipinski definition) is 3. The first-order valence-electron chi connectivity index (χ1n) is 29.8. The van der Waals surface area contributed by atoms with Gasteiger partial charge >= 0.3 is 6.01 Å². The van der Waals surface area contributed by atoms with Gasteiger partial charge in [0.15, 0.2) is 11.6 Å². The summed E-state index contributed by atoms with van der Waals surface area (Å²) in [5.41, 5.74) is 3.28. The van der Waals surface area contributed by atoms with Crippen molar-refractivity contribution in [3.63, 3.8) is 0 Å². The van der Waals surface area contributed by atoms with Gasteiger partial charge in [-0.25, -0.2) is 8.78 Å². The number of ether oxygens (including phenoxy) is 1. The Morgan fingerprint density at radius 2 is 1.65 bits per heavy atom. The molecule has 3 N–H and O–H groups in total. The quantitative estimate of drug-likeness (QED) is 0.0651. The highest BCUT2D eigenvalue weighted by molar-refractivity contribution is 6.03. The van der Waals surface area contributed by atoms with E-state index in [-0.39, 0.29) is 52.1 Å². The van der Waals surface area contributed by atoms with Gasteiger partial charge in [0.05, 0.1) is 22.7 Å². The number of halogens is 2. The fraction of sp³-hybridized carbons (Fsp3) is 0.484. The second-order valence-corrected chi connectivity index (χ2v) is 22.9. The maximum atomic E-state index is 16.9. The van der Waals surface area contributed by atoms with Crippen LogP contribution in [0.3, 0.4) is 0 Å². The van der Waals surface area contributed by atoms with Crippen LogP contribution in [0.15, 0.2) is 77.6 Å². The van der Waals surface area contributed by atoms with Crippen LogP contribution in [0.4, 0.5) is 20.4 Å². The number of piperidine rings is 2. The number of likely N-dealkylation sites (tertiary alicyclic amines) is 2. The second kappa shape index (κ2) is 26.7. The molecule has 438 valence electrons. The number of carbonyl (C=O) groups excluding carboxylic acids is 2. The zero-order chi connectivity index (χ0) is 58.1. The van der Waals surface area contributed by atoms with E-state index in [9.17, 15) is 19.1 Å². The second-order valence-electron chi connectivity index (χ2n) is 22.9. The molecule has 4 atom stereocenters. The molecular weight excluding hydrogens is 1050 g/mol. The summed E-state index contributed by atoms with van der Waals surface area (Å²) in [6.07, 6.45) is 21.7. The number of piperazine rings is 1. The summed E-state index contributed by atoms with van der Waals surface area (Å²) in [5, 5.41) is 26.9. The normalized spacial score (nSPS) is 19.7. The minimum absolute atomic E-state index is 0.0265. The van der Waals surface area contributed by atoms with Crippen molar-refractivity contribution in [2.45, 2.75) is 122 Å². The number of benzene rings is 3. The summed E-state index contributed by atoms with van der Waals surface area (Å²) in [4.78, 5) is 45.9. The molecule has 5 aliphatic rings. The van der Waals surface area contributed by atoms with E-state index in [2.05, 4.69) is 78.3 Å². The monoisotopic (exact) mass is 1130 g/mol. The Morgan fingerprint density at radius 1 is 0.928 bits per heavy atom. The number of aromatic nitrogens is 6. The molecule has 17 nitrogen and oxygen atoms in total. The molecule has 0 saturated carbocycles. The molecule has 2 amide bonds. The number of pyridine rings is 1. The number of terminal acetylenes is 1. The van der Waals surface area contributed by atoms with Crippen molar-refractivity contribution >= 4 is 45.6 Å². The average molecular weight is 1130 g/mol. The number of anilines is 2. The van der Waals surface area contributed by atoms with Crippen LogP contribution < -0.4 is 25.2 Å². The number of amides is 2. The van der Waals surface area contributed by atoms with Crippen molar-refractivity contribution in [3.8, 4) is 46.6 Å². The first kappa shape index (κ1) is 58.5. The number of carbonyl (C=O) groups is 2. The van der Waals surface area contributed by atoms with Crippen molar-refractivity contribution in [1.29, 1.82) is 0 Å². The molecule has 7 aromatic rings. The summed E-state index contributed by atoms with van der Waals surface area (Å²) in [6.45, 7) is 15.6. The zero-order valence-corrected chi connectivity index (χ0v) is 48.5. The lowest BCUT2D eigenvalue weighted by atomic mass is 9.83. The Balaban J connectivity index is 0.000000237. The number of aryl methyl sites for hydroxylation is 2. The van der Waals surface area contributed by atoms with Gasteiger partial charge in [-0.15, -0.1) is 6.42 Å². The van der Waals surface area contributed by atoms with Crippen LogP contribution in [0.1, 0.15) is 115 Å². The molecule has 4 aromatic heterocycles. The molecule has 5 aliphatic heterocycles. The van der Waals surface area contributed by atoms with Gasteiger partial charge < -0.3 is 39.7 Å². The topological polar surface area (TPSA) is 183 Å². The van der Waals surface area contributed by atoms with Gasteiger partial charge in [-0.05, 0) is 130 Å². The van der Waals surface area contributed by atoms with E-state index < -0.39 is 11.6 Å². The number of aromatic hydroxyl groups is 1. The van der Waals surface area contributed by atoms with Gasteiger partial charge in [0.25, 0.3) is 0 Å². The molecular formula is C64H78F2N12O5. The Kier molecular flexibility index (Phi) is 18.8. The highest BCUT2D eigenvalue weighted by atomic mass is 19.1. The minimum atomic E-state index is -0.718. The maximum absolute atomic E-state index is 16.9. The highest BCUT2D eigenvalue weighted by Gasteiger charge is 2.35. The molecule has 0 spiro atoms. The Bertz CT molecular complexity index is 3390. The SMILES string of the molecule is C#Cc1c(F)ccc2cc(O)cc(-c3ncc4c(N5CC6CCC(C5)N6)nc(OCCN5CCC(CC6CCN(c7cc(CC)on7)CC6)CC5)nc4c3F)c12.CC(NC(=O)C1CCCN1C=O)c1ccc(-c2ccnn2C)cc1.CCC. The van der Waals surface area contributed by atoms with Crippen LogP contribution in [-0.4, -0.2) is 134 Å². The maximum Gasteiger partial charge on any atom is 0.319 e. The van der Waals surface area contributed by atoms with E-state index in [1.807, 2.05) is 49.0 Å². The number of phenols is 1. The molecule has 2 bridgehead atoms. The molecule has 0 radical (unpaired) electrons. The van der Waals surface area contributed by atoms with E-state index >= 15 is 4.39 Å². The van der Waals surface area contributed by atoms with Crippen LogP contribution in [0, 0.1) is 35.8 Å². The highest BCUT2D eigenvalue weighted by Crippen LogP contribution is 2.40. The third kappa shape index (κ3) is 13.4. The molecule has 3 aromatic carbocycles. The fourth-order valence-corrected chi connectivity index (χ4v) is 12.6. The first-order chi connectivity index (χ1) is 40.3. The van der Waals surface area contributed by atoms with Gasteiger partial charge in [0, 0.05) is 94.2 Å². The smallest absolute Gasteiger partial charge is 0.319 e. The number of nitrogens with zero attached hydrogens (tertiary/aromatic N) is 10. The van der Waals surface area contributed by atoms with E-state index in [0.717, 1.165) is 125 Å². The van der Waals surface area contributed by atoms with Crippen molar-refractivity contribution in [3.05, 3.63) is 102 Å². The van der Waals surface area contributed by atoms with Gasteiger partial charge in [-0.3, -0.25) is 24.2 Å². The summed E-state index contributed by atoms with van der Waals surface area (Å²) in [7, 11) is 1.91. The molecule has 83 heavy (non-hydrogen) atoms. The van der Waals surface area contributed by atoms with Crippen molar-refractivity contribution in [1.82, 2.24) is 50.3 Å². The van der Waals surface area contributed by atoms with Crippen LogP contribution in [0.5, 0.6) is 11.8 Å². The standard InChI is InChI=1S/C43H48F2N8O3.C18H22N4O2.C3H8/c1-3-32-22-37(50-56-32)52-15-11-27(12-16-52)19-26-9-13-51(14-10-26)17-18-55-43-48-41-35(42(49-43)53-24-29-6-7-30(25-53)47-29)23-46-40(39(41)45)34-21-31(54)20-28-5-8-36(44)33(4-2)38(28)34;1-13(20-18(24)17-4-3-11-22(17)12-23)14-5-7-15(8-6-14)16-9-10-19-21(16)2;1-3-2/h2,5,8,20-23,26-27,29-30,47,54H,3,6-7,9-19,24-25H2,1H3;5-10,12-13,17H,3-4,11H2,1-2H3,(H,20,24);3H2,1-2H3. The lowest BCUT2D eigenvalue weighted by Gasteiger charge is -2.36. The number of nitrogens with one attached hydrogen (secondary N) is 2. The minimum Gasteiger partial charge on any atom is -0.508 e. The van der Waals surface area contributed by atoms with Crippen LogP contribution >= 0.6 is 0 Å². The van der Waals surface area contributed by atoms with E-state index in [0.29, 0.717) is 47.2 Å². The summed E-state index contributed by atoms with van der Waals surface area (Å²) >= 11 is 0. The number of fused-ring (bicyclic) bond motifs is 4. The van der Waals surface area contributed by atoms with Crippen LogP contribution in [-0.2, 0) is 23.1 Å². The first-order valence-corrected chi connectivity index (χ1v) is 29.8. The zero-order valence-electron chi connectivity index (χ0n) is 48.5. The molecule has 12 rings (SSSR count). The van der Waals surface area contributed by atoms with E-state index in [1.54, 1.807) is 17.3 Å². The predicted octanol–water partition coefficient (Wildman–Crippen LogP) is 10.00. The summed E-state index contributed by atoms with van der Waals surface area (Å²) < 4.78 is 45.3. The van der Waals surface area contributed by atoms with Crippen molar-refractivity contribution in [2.24, 2.45) is 18.9 Å². The average Bonchev–Trinajstić information content (AvgIpc) is 4.03. The third-order valence-electron chi connectivity index (χ3n) is 17.1. The van der Waals surface area contributed by atoms with E-state index in [4.69, 9.17) is 20.7 Å². The fourth-order valence-electron chi connectivity index (χ4n) is 12.6. The lowest BCUT2D eigenvalue weighted by molar-refractivity contribution is -0.131. The van der Waals surface area contributed by atoms with Crippen molar-refractivity contribution in [2.75, 3.05) is 68.8 Å². The third-order valence-corrected chi connectivity index (χ3v) is 17.1. The summed E-state index contributed by atoms with van der Waals surface area (Å²) in [5.74, 6) is 4.84. The molecule has 4 unspecified atom stereocenters. The number of phenolic OH excluding ortho intramolecular Hbond substituents is 1. The lowest BCUT2D eigenvalue weighted by Crippen LogP contribution is -2.51. The molecule has 5 fully saturated rings. The largest absolute Gasteiger partial charge is 0.508 e. The van der Waals surface area contributed by atoms with Gasteiger partial charge in [0.1, 0.15) is 47.0 Å². The Labute approximate surface area is 485 Å². The van der Waals surface area contributed by atoms with Crippen LogP contribution in [0.25, 0.3) is 44.2 Å². The number of rotatable bonds is 15. The summed E-state index contributed by atoms with van der Waals surface area (Å²) in [6, 6.07) is 18.0.